The second-order valence-electron chi connectivity index (χ2n) is 3.97. The van der Waals surface area contributed by atoms with Gasteiger partial charge in [0.1, 0.15) is 0 Å². The van der Waals surface area contributed by atoms with E-state index in [4.69, 9.17) is 23.2 Å². The van der Waals surface area contributed by atoms with Crippen LogP contribution in [0, 0.1) is 0 Å². The maximum atomic E-state index is 12.1. The van der Waals surface area contributed by atoms with Gasteiger partial charge >= 0.3 is 0 Å². The molecular formula is C12H12Cl2OP-. The largest absolute Gasteiger partial charge is 0.823 e. The first-order valence-corrected chi connectivity index (χ1v) is 7.09. The Balaban J connectivity index is 2.28. The van der Waals surface area contributed by atoms with Gasteiger partial charge in [-0.1, -0.05) is 42.1 Å². The first kappa shape index (κ1) is 12.4. The highest BCUT2D eigenvalue weighted by atomic mass is 35.5. The van der Waals surface area contributed by atoms with Gasteiger partial charge in [0.2, 0.25) is 0 Å². The normalized spacial score (nSPS) is 18.1. The highest BCUT2D eigenvalue weighted by Gasteiger charge is 2.13. The van der Waals surface area contributed by atoms with Crippen LogP contribution in [-0.2, 0) is 0 Å². The van der Waals surface area contributed by atoms with Gasteiger partial charge in [-0.25, -0.2) is 0 Å². The molecule has 1 fully saturated rings. The number of rotatable bonds is 2. The summed E-state index contributed by atoms with van der Waals surface area (Å²) < 4.78 is 0. The molecule has 16 heavy (non-hydrogen) atoms. The predicted molar refractivity (Wildman–Crippen MR) is 69.7 cm³/mol. The standard InChI is InChI=1S/C12H13Cl2OP/c13-9-6-3-7-10(14)11(9)12(15)16-8-4-1-2-5-8/h3,6-8,15H,1-2,4-5H2/p-1. The molecule has 1 aromatic rings. The lowest BCUT2D eigenvalue weighted by Crippen LogP contribution is -2.18. The van der Waals surface area contributed by atoms with Gasteiger partial charge in [-0.05, 0) is 30.6 Å². The molecular weight excluding hydrogens is 262 g/mol. The summed E-state index contributed by atoms with van der Waals surface area (Å²) in [6, 6.07) is 5.18. The highest BCUT2D eigenvalue weighted by molar-refractivity contribution is 7.41. The minimum atomic E-state index is 0.0579. The molecule has 1 saturated carbocycles. The van der Waals surface area contributed by atoms with Crippen LogP contribution in [0.1, 0.15) is 31.2 Å². The Kier molecular flexibility index (Phi) is 4.27. The second-order valence-corrected chi connectivity index (χ2v) is 6.18. The smallest absolute Gasteiger partial charge is 0.0486 e. The first-order valence-electron chi connectivity index (χ1n) is 5.37. The van der Waals surface area contributed by atoms with Crippen LogP contribution >= 0.6 is 31.4 Å². The number of hydrogen-bond donors (Lipinski definition) is 0. The Morgan fingerprint density at radius 2 is 1.75 bits per heavy atom. The lowest BCUT2D eigenvalue weighted by atomic mass is 10.2. The monoisotopic (exact) mass is 273 g/mol. The van der Waals surface area contributed by atoms with E-state index in [-0.39, 0.29) is 5.48 Å². The molecule has 0 amide bonds. The molecule has 0 radical (unpaired) electrons. The van der Waals surface area contributed by atoms with Crippen molar-refractivity contribution in [2.45, 2.75) is 31.3 Å². The molecule has 0 aromatic heterocycles. The van der Waals surface area contributed by atoms with Gasteiger partial charge in [0.25, 0.3) is 0 Å². The van der Waals surface area contributed by atoms with Gasteiger partial charge in [0.15, 0.2) is 0 Å². The summed E-state index contributed by atoms with van der Waals surface area (Å²) in [6.45, 7) is 0. The molecule has 2 rings (SSSR count). The Labute approximate surface area is 107 Å². The van der Waals surface area contributed by atoms with Crippen molar-refractivity contribution in [3.8, 4) is 0 Å². The third-order valence-corrected chi connectivity index (χ3v) is 4.77. The van der Waals surface area contributed by atoms with Gasteiger partial charge in [0, 0.05) is 15.6 Å². The molecule has 0 saturated heterocycles. The minimum Gasteiger partial charge on any atom is -0.823 e. The maximum Gasteiger partial charge on any atom is 0.0486 e. The van der Waals surface area contributed by atoms with Crippen molar-refractivity contribution in [1.29, 1.82) is 0 Å². The molecule has 0 atom stereocenters. The van der Waals surface area contributed by atoms with Crippen molar-refractivity contribution in [1.82, 2.24) is 0 Å². The van der Waals surface area contributed by atoms with Crippen LogP contribution in [0.3, 0.4) is 0 Å². The van der Waals surface area contributed by atoms with Crippen LogP contribution in [0.25, 0.3) is 0 Å². The van der Waals surface area contributed by atoms with Crippen LogP contribution in [-0.4, -0.2) is 11.1 Å². The van der Waals surface area contributed by atoms with Gasteiger partial charge in [-0.2, -0.15) is 0 Å². The Morgan fingerprint density at radius 3 is 2.31 bits per heavy atom. The average Bonchev–Trinajstić information content (AvgIpc) is 2.70. The zero-order chi connectivity index (χ0) is 11.5. The van der Waals surface area contributed by atoms with E-state index in [0.717, 1.165) is 21.0 Å². The Hall–Kier alpha value is -0.0700. The summed E-state index contributed by atoms with van der Waals surface area (Å²) in [5.74, 6) is 0. The Bertz CT molecular complexity index is 391. The van der Waals surface area contributed by atoms with E-state index in [0.29, 0.717) is 21.3 Å². The van der Waals surface area contributed by atoms with Crippen molar-refractivity contribution in [2.24, 2.45) is 0 Å². The van der Waals surface area contributed by atoms with Crippen LogP contribution in [0.5, 0.6) is 0 Å². The zero-order valence-electron chi connectivity index (χ0n) is 8.75. The minimum absolute atomic E-state index is 0.0579. The average molecular weight is 274 g/mol. The third kappa shape index (κ3) is 2.78. The van der Waals surface area contributed by atoms with E-state index in [9.17, 15) is 5.11 Å². The zero-order valence-corrected chi connectivity index (χ0v) is 11.2. The highest BCUT2D eigenvalue weighted by Crippen LogP contribution is 2.32. The Morgan fingerprint density at radius 1 is 1.19 bits per heavy atom. The molecule has 4 heteroatoms. The van der Waals surface area contributed by atoms with Crippen LogP contribution in [0.15, 0.2) is 18.2 Å². The fraction of sp³-hybridized carbons (Fsp3) is 0.417. The number of halogens is 2. The van der Waals surface area contributed by atoms with Crippen molar-refractivity contribution in [2.75, 3.05) is 0 Å². The molecule has 0 N–H and O–H groups in total. The van der Waals surface area contributed by atoms with E-state index in [1.807, 2.05) is 0 Å². The van der Waals surface area contributed by atoms with Crippen LogP contribution in [0.2, 0.25) is 10.0 Å². The molecule has 0 unspecified atom stereocenters. The molecule has 86 valence electrons. The van der Waals surface area contributed by atoms with E-state index in [2.05, 4.69) is 0 Å². The van der Waals surface area contributed by atoms with Crippen molar-refractivity contribution >= 4 is 36.9 Å². The third-order valence-electron chi connectivity index (χ3n) is 2.80. The summed E-state index contributed by atoms with van der Waals surface area (Å²) in [5.41, 5.74) is 1.04. The molecule has 1 aromatic carbocycles. The summed E-state index contributed by atoms with van der Waals surface area (Å²) in [7, 11) is 0.851. The van der Waals surface area contributed by atoms with Crippen molar-refractivity contribution in [3.63, 3.8) is 0 Å². The van der Waals surface area contributed by atoms with E-state index >= 15 is 0 Å². The van der Waals surface area contributed by atoms with Crippen LogP contribution < -0.4 is 5.11 Å². The van der Waals surface area contributed by atoms with Gasteiger partial charge in [-0.15, -0.1) is 13.7 Å². The van der Waals surface area contributed by atoms with Gasteiger partial charge < -0.3 is 5.11 Å². The summed E-state index contributed by atoms with van der Waals surface area (Å²) >= 11 is 12.0. The lowest BCUT2D eigenvalue weighted by Gasteiger charge is -2.17. The van der Waals surface area contributed by atoms with Gasteiger partial charge in [0.05, 0.1) is 0 Å². The van der Waals surface area contributed by atoms with Crippen LogP contribution in [0.4, 0.5) is 0 Å². The van der Waals surface area contributed by atoms with E-state index < -0.39 is 0 Å². The quantitative estimate of drug-likeness (QED) is 0.754. The fourth-order valence-electron chi connectivity index (χ4n) is 1.97. The van der Waals surface area contributed by atoms with Crippen molar-refractivity contribution < 1.29 is 5.11 Å². The topological polar surface area (TPSA) is 23.1 Å². The second kappa shape index (κ2) is 5.51. The number of hydrogen-bond acceptors (Lipinski definition) is 1. The van der Waals surface area contributed by atoms with E-state index in [1.165, 1.54) is 12.8 Å². The molecule has 1 nitrogen and oxygen atoms in total. The summed E-state index contributed by atoms with van der Waals surface area (Å²) in [4.78, 5) is 0. The molecule has 0 spiro atoms. The number of benzene rings is 1. The SMILES string of the molecule is [O-]C(=PC1CCCC1)c1c(Cl)cccc1Cl. The maximum absolute atomic E-state index is 12.1. The first-order chi connectivity index (χ1) is 7.68. The molecule has 0 bridgehead atoms. The molecule has 1 aliphatic carbocycles. The summed E-state index contributed by atoms with van der Waals surface area (Å²) in [6.07, 6.45) is 4.77. The van der Waals surface area contributed by atoms with Crippen molar-refractivity contribution in [3.05, 3.63) is 33.8 Å². The predicted octanol–water partition coefficient (Wildman–Crippen LogP) is 3.72. The molecule has 0 aliphatic heterocycles. The molecule has 1 aliphatic rings. The van der Waals surface area contributed by atoms with Gasteiger partial charge in [-0.3, -0.25) is 0 Å². The van der Waals surface area contributed by atoms with E-state index in [1.54, 1.807) is 18.2 Å². The molecule has 0 heterocycles. The summed E-state index contributed by atoms with van der Waals surface area (Å²) in [5, 5.41) is 13.0. The fourth-order valence-corrected chi connectivity index (χ4v) is 3.99. The lowest BCUT2D eigenvalue weighted by molar-refractivity contribution is -0.207.